The van der Waals surface area contributed by atoms with Gasteiger partial charge in [-0.2, -0.15) is 4.39 Å². The topological polar surface area (TPSA) is 148 Å². The van der Waals surface area contributed by atoms with Crippen LogP contribution in [0.15, 0.2) is 0 Å². The van der Waals surface area contributed by atoms with Crippen molar-refractivity contribution in [2.24, 2.45) is 5.73 Å². The zero-order valence-corrected chi connectivity index (χ0v) is 18.0. The van der Waals surface area contributed by atoms with Crippen LogP contribution in [0.3, 0.4) is 0 Å². The predicted octanol–water partition coefficient (Wildman–Crippen LogP) is 1.35. The molecule has 5 N–H and O–H groups in total. The molecule has 1 aliphatic rings. The van der Waals surface area contributed by atoms with E-state index in [1.807, 2.05) is 0 Å². The predicted molar refractivity (Wildman–Crippen MR) is 106 cm³/mol. The summed E-state index contributed by atoms with van der Waals surface area (Å²) in [5.74, 6) is -6.88. The molecule has 0 aromatic heterocycles. The van der Waals surface area contributed by atoms with Crippen LogP contribution in [0.5, 0.6) is 0 Å². The van der Waals surface area contributed by atoms with E-state index in [2.05, 4.69) is 12.2 Å². The number of ether oxygens (including phenoxy) is 2. The van der Waals surface area contributed by atoms with Gasteiger partial charge in [-0.05, 0) is 19.3 Å². The molecule has 0 saturated carbocycles. The maximum Gasteiger partial charge on any atom is 0.372 e. The molecule has 0 aromatic carbocycles. The Morgan fingerprint density at radius 3 is 2.48 bits per heavy atom. The summed E-state index contributed by atoms with van der Waals surface area (Å²) < 4.78 is 38.7. The average molecular weight is 452 g/mol. The maximum atomic E-state index is 14.6. The van der Waals surface area contributed by atoms with Crippen LogP contribution in [0, 0.1) is 0 Å². The Morgan fingerprint density at radius 1 is 1.26 bits per heavy atom. The first-order valence-electron chi connectivity index (χ1n) is 10.6. The molecule has 1 fully saturated rings. The van der Waals surface area contributed by atoms with Crippen molar-refractivity contribution in [3.05, 3.63) is 0 Å². The summed E-state index contributed by atoms with van der Waals surface area (Å²) in [7, 11) is 0. The molecular formula is C20H34F2N2O7. The highest BCUT2D eigenvalue weighted by molar-refractivity contribution is 5.77. The second-order valence-corrected chi connectivity index (χ2v) is 7.89. The van der Waals surface area contributed by atoms with Gasteiger partial charge in [-0.1, -0.05) is 32.6 Å². The summed E-state index contributed by atoms with van der Waals surface area (Å²) in [6.45, 7) is 2.93. The first-order valence-corrected chi connectivity index (χ1v) is 10.6. The number of nitrogens with two attached hydrogens (primary N) is 1. The largest absolute Gasteiger partial charge is 0.477 e. The molecule has 0 aliphatic carbocycles. The summed E-state index contributed by atoms with van der Waals surface area (Å²) in [4.78, 5) is 34.3. The molecule has 6 atom stereocenters. The lowest BCUT2D eigenvalue weighted by Crippen LogP contribution is -2.70. The maximum absolute atomic E-state index is 14.6. The number of alkyl halides is 2. The Balaban J connectivity index is 2.57. The second kappa shape index (κ2) is 12.9. The Hall–Kier alpha value is -1.85. The van der Waals surface area contributed by atoms with Crippen LogP contribution in [0.1, 0.15) is 65.2 Å². The van der Waals surface area contributed by atoms with Gasteiger partial charge in [-0.25, -0.2) is 9.18 Å². The molecular weight excluding hydrogens is 418 g/mol. The summed E-state index contributed by atoms with van der Waals surface area (Å²) in [5.41, 5.74) is 5.65. The van der Waals surface area contributed by atoms with Gasteiger partial charge in [0.15, 0.2) is 6.17 Å². The number of aliphatic hydroxyl groups excluding tert-OH is 1. The number of nitrogens with one attached hydrogen (secondary N) is 1. The van der Waals surface area contributed by atoms with Gasteiger partial charge < -0.3 is 30.7 Å². The van der Waals surface area contributed by atoms with Gasteiger partial charge in [0.05, 0.1) is 24.3 Å². The number of carbonyl (C=O) groups excluding carboxylic acids is 2. The molecule has 180 valence electrons. The molecule has 1 amide bonds. The molecule has 9 nitrogen and oxygen atoms in total. The number of esters is 1. The van der Waals surface area contributed by atoms with E-state index < -0.39 is 54.2 Å². The number of hydrogen-bond acceptors (Lipinski definition) is 7. The Labute approximate surface area is 180 Å². The molecule has 0 spiro atoms. The van der Waals surface area contributed by atoms with Crippen molar-refractivity contribution in [2.45, 2.75) is 102 Å². The fourth-order valence-corrected chi connectivity index (χ4v) is 3.44. The van der Waals surface area contributed by atoms with Gasteiger partial charge in [0.2, 0.25) is 5.91 Å². The third kappa shape index (κ3) is 8.30. The van der Waals surface area contributed by atoms with Crippen LogP contribution in [0.25, 0.3) is 0 Å². The van der Waals surface area contributed by atoms with Gasteiger partial charge in [0, 0.05) is 13.3 Å². The van der Waals surface area contributed by atoms with Crippen molar-refractivity contribution in [1.29, 1.82) is 0 Å². The van der Waals surface area contributed by atoms with Crippen molar-refractivity contribution < 1.29 is 42.9 Å². The average Bonchev–Trinajstić information content (AvgIpc) is 2.71. The van der Waals surface area contributed by atoms with Crippen LogP contribution in [0.4, 0.5) is 8.78 Å². The van der Waals surface area contributed by atoms with Gasteiger partial charge in [-0.15, -0.1) is 0 Å². The summed E-state index contributed by atoms with van der Waals surface area (Å²) in [6.07, 6.45) is -0.300. The minimum atomic E-state index is -3.67. The number of unbranched alkanes of at least 4 members (excludes halogenated alkanes) is 4. The highest BCUT2D eigenvalue weighted by Crippen LogP contribution is 2.35. The fourth-order valence-electron chi connectivity index (χ4n) is 3.44. The van der Waals surface area contributed by atoms with E-state index in [0.29, 0.717) is 6.42 Å². The first kappa shape index (κ1) is 27.2. The third-order valence-electron chi connectivity index (χ3n) is 5.20. The fraction of sp³-hybridized carbons (Fsp3) is 0.850. The van der Waals surface area contributed by atoms with Crippen LogP contribution >= 0.6 is 0 Å². The number of aliphatic carboxylic acids is 1. The molecule has 0 radical (unpaired) electrons. The number of carboxylic acid groups (broad SMARTS) is 1. The van der Waals surface area contributed by atoms with E-state index in [0.717, 1.165) is 32.6 Å². The first-order chi connectivity index (χ1) is 14.5. The van der Waals surface area contributed by atoms with Crippen LogP contribution in [-0.4, -0.2) is 71.0 Å². The van der Waals surface area contributed by atoms with Gasteiger partial charge in [0.25, 0.3) is 0 Å². The number of amides is 1. The number of hydrogen-bond donors (Lipinski definition) is 4. The van der Waals surface area contributed by atoms with E-state index in [1.54, 1.807) is 0 Å². The molecule has 4 unspecified atom stereocenters. The van der Waals surface area contributed by atoms with Crippen LogP contribution in [0.2, 0.25) is 0 Å². The number of carboxylic acids is 1. The van der Waals surface area contributed by atoms with Crippen molar-refractivity contribution in [3.8, 4) is 0 Å². The third-order valence-corrected chi connectivity index (χ3v) is 5.20. The highest BCUT2D eigenvalue weighted by Gasteiger charge is 2.60. The monoisotopic (exact) mass is 452 g/mol. The van der Waals surface area contributed by atoms with E-state index in [-0.39, 0.29) is 25.9 Å². The molecule has 1 saturated heterocycles. The van der Waals surface area contributed by atoms with E-state index >= 15 is 0 Å². The van der Waals surface area contributed by atoms with E-state index in [4.69, 9.17) is 20.3 Å². The minimum Gasteiger partial charge on any atom is -0.477 e. The number of rotatable bonds is 13. The van der Waals surface area contributed by atoms with Crippen molar-refractivity contribution in [3.63, 3.8) is 0 Å². The molecule has 1 rings (SSSR count). The lowest BCUT2D eigenvalue weighted by atomic mass is 9.88. The van der Waals surface area contributed by atoms with Crippen molar-refractivity contribution in [1.82, 2.24) is 5.32 Å². The molecule has 0 bridgehead atoms. The zero-order valence-electron chi connectivity index (χ0n) is 18.0. The van der Waals surface area contributed by atoms with Gasteiger partial charge >= 0.3 is 17.8 Å². The standard InChI is InChI=1S/C20H34F2N2O7/c1-3-4-5-6-7-8-15(27)30-11-13(26)9-10-14-17(24-12(2)25)16(23)18(21)20(22,31-14)19(28)29/h13-14,16-18,26H,3-11,23H2,1-2H3,(H,24,25)(H,28,29)/t13-,14?,16?,17?,18?,20+/m0/s1. The molecule has 1 heterocycles. The van der Waals surface area contributed by atoms with E-state index in [1.165, 1.54) is 0 Å². The molecule has 0 aromatic rings. The minimum absolute atomic E-state index is 0.0795. The van der Waals surface area contributed by atoms with Crippen LogP contribution in [-0.2, 0) is 23.9 Å². The van der Waals surface area contributed by atoms with Crippen LogP contribution < -0.4 is 11.1 Å². The molecule has 31 heavy (non-hydrogen) atoms. The van der Waals surface area contributed by atoms with Gasteiger partial charge in [-0.3, -0.25) is 9.59 Å². The Morgan fingerprint density at radius 2 is 1.90 bits per heavy atom. The summed E-state index contributed by atoms with van der Waals surface area (Å²) >= 11 is 0. The lowest BCUT2D eigenvalue weighted by Gasteiger charge is -2.44. The SMILES string of the molecule is CCCCCCCC(=O)OC[C@@H](O)CCC1O[C@@](F)(C(=O)O)C(F)C(N)C1NC(C)=O. The van der Waals surface area contributed by atoms with Gasteiger partial charge in [0.1, 0.15) is 6.61 Å². The van der Waals surface area contributed by atoms with Crippen molar-refractivity contribution >= 4 is 17.8 Å². The quantitative estimate of drug-likeness (QED) is 0.242. The highest BCUT2D eigenvalue weighted by atomic mass is 19.2. The summed E-state index contributed by atoms with van der Waals surface area (Å²) in [5, 5.41) is 21.4. The Bertz CT molecular complexity index is 610. The second-order valence-electron chi connectivity index (χ2n) is 7.89. The summed E-state index contributed by atoms with van der Waals surface area (Å²) in [6, 6.07) is -2.87. The lowest BCUT2D eigenvalue weighted by molar-refractivity contribution is -0.257. The number of halogens is 2. The van der Waals surface area contributed by atoms with Crippen molar-refractivity contribution in [2.75, 3.05) is 6.61 Å². The normalized spacial score (nSPS) is 29.2. The molecule has 1 aliphatic heterocycles. The van der Waals surface area contributed by atoms with E-state index in [9.17, 15) is 28.3 Å². The smallest absolute Gasteiger partial charge is 0.372 e. The Kier molecular flexibility index (Phi) is 11.3. The zero-order chi connectivity index (χ0) is 23.6. The molecule has 11 heteroatoms. The number of aliphatic hydroxyl groups is 1. The number of carbonyl (C=O) groups is 3.